The zero-order valence-corrected chi connectivity index (χ0v) is 12.8. The normalized spacial score (nSPS) is 10.8. The Hall–Kier alpha value is -3.38. The van der Waals surface area contributed by atoms with E-state index in [2.05, 4.69) is 6.07 Å². The Balaban J connectivity index is 2.19. The molecule has 0 aliphatic heterocycles. The minimum absolute atomic E-state index is 0.0231. The maximum absolute atomic E-state index is 12.4. The fraction of sp³-hybridized carbons (Fsp3) is 0.0476. The molecule has 0 fully saturated rings. The standard InChI is InChI=1S/C21H13NO2/c22-11-10-17-20(14-6-2-1-3-7-14)18-12-15-8-4-5-9-16(15)13-19(18)24-21(17)23/h1-9,12-13H,10H2. The molecule has 0 aliphatic carbocycles. The number of hydrogen-bond acceptors (Lipinski definition) is 3. The lowest BCUT2D eigenvalue weighted by molar-refractivity contribution is 0.554. The molecule has 3 aromatic carbocycles. The molecule has 0 amide bonds. The SMILES string of the molecule is N#CCc1c(-c2ccccc2)c2cc3ccccc3cc2oc1=O. The first kappa shape index (κ1) is 14.2. The minimum Gasteiger partial charge on any atom is -0.422 e. The lowest BCUT2D eigenvalue weighted by Gasteiger charge is -2.11. The van der Waals surface area contributed by atoms with Crippen LogP contribution in [0.4, 0.5) is 0 Å². The molecule has 0 saturated heterocycles. The fourth-order valence-corrected chi connectivity index (χ4v) is 3.10. The highest BCUT2D eigenvalue weighted by molar-refractivity contribution is 6.03. The fourth-order valence-electron chi connectivity index (χ4n) is 3.10. The number of nitrogens with zero attached hydrogens (tertiary/aromatic N) is 1. The van der Waals surface area contributed by atoms with Gasteiger partial charge in [0.1, 0.15) is 5.58 Å². The van der Waals surface area contributed by atoms with Crippen molar-refractivity contribution >= 4 is 21.7 Å². The Morgan fingerprint density at radius 3 is 2.29 bits per heavy atom. The van der Waals surface area contributed by atoms with Gasteiger partial charge in [-0.3, -0.25) is 0 Å². The number of rotatable bonds is 2. The van der Waals surface area contributed by atoms with E-state index in [4.69, 9.17) is 9.68 Å². The van der Waals surface area contributed by atoms with E-state index in [0.717, 1.165) is 27.3 Å². The van der Waals surface area contributed by atoms with Crippen molar-refractivity contribution in [1.29, 1.82) is 5.26 Å². The summed E-state index contributed by atoms with van der Waals surface area (Å²) in [5.41, 5.74) is 2.20. The van der Waals surface area contributed by atoms with Crippen molar-refractivity contribution in [1.82, 2.24) is 0 Å². The van der Waals surface area contributed by atoms with Gasteiger partial charge in [0.25, 0.3) is 0 Å². The molecule has 1 heterocycles. The van der Waals surface area contributed by atoms with E-state index < -0.39 is 5.63 Å². The Labute approximate surface area is 138 Å². The van der Waals surface area contributed by atoms with Crippen molar-refractivity contribution in [3.05, 3.63) is 82.7 Å². The Morgan fingerprint density at radius 1 is 0.917 bits per heavy atom. The first-order chi connectivity index (χ1) is 11.8. The maximum atomic E-state index is 12.4. The average molecular weight is 311 g/mol. The van der Waals surface area contributed by atoms with E-state index in [1.807, 2.05) is 66.7 Å². The average Bonchev–Trinajstić information content (AvgIpc) is 2.62. The monoisotopic (exact) mass is 311 g/mol. The van der Waals surface area contributed by atoms with Gasteiger partial charge in [-0.2, -0.15) is 5.26 Å². The molecule has 4 aromatic rings. The summed E-state index contributed by atoms with van der Waals surface area (Å²) in [4.78, 5) is 12.4. The molecule has 3 nitrogen and oxygen atoms in total. The van der Waals surface area contributed by atoms with Gasteiger partial charge in [0, 0.05) is 10.9 Å². The third-order valence-corrected chi connectivity index (χ3v) is 4.19. The topological polar surface area (TPSA) is 54.0 Å². The summed E-state index contributed by atoms with van der Waals surface area (Å²) in [6.07, 6.45) is 0.0231. The summed E-state index contributed by atoms with van der Waals surface area (Å²) in [6.45, 7) is 0. The lowest BCUT2D eigenvalue weighted by Crippen LogP contribution is -2.09. The second-order valence-corrected chi connectivity index (χ2v) is 5.64. The summed E-state index contributed by atoms with van der Waals surface area (Å²) in [5, 5.41) is 12.1. The minimum atomic E-state index is -0.446. The largest absolute Gasteiger partial charge is 0.422 e. The van der Waals surface area contributed by atoms with Crippen LogP contribution in [0.1, 0.15) is 5.56 Å². The van der Waals surface area contributed by atoms with Crippen molar-refractivity contribution < 1.29 is 4.42 Å². The molecule has 0 unspecified atom stereocenters. The molecular formula is C21H13NO2. The van der Waals surface area contributed by atoms with Crippen molar-refractivity contribution in [2.45, 2.75) is 6.42 Å². The summed E-state index contributed by atoms with van der Waals surface area (Å²) >= 11 is 0. The van der Waals surface area contributed by atoms with Crippen LogP contribution in [0.3, 0.4) is 0 Å². The van der Waals surface area contributed by atoms with Gasteiger partial charge in [0.2, 0.25) is 0 Å². The lowest BCUT2D eigenvalue weighted by atomic mass is 9.94. The molecule has 0 spiro atoms. The molecule has 0 atom stereocenters. The van der Waals surface area contributed by atoms with Crippen molar-refractivity contribution in [2.24, 2.45) is 0 Å². The molecule has 0 saturated carbocycles. The first-order valence-corrected chi connectivity index (χ1v) is 7.69. The van der Waals surface area contributed by atoms with Crippen LogP contribution in [0.25, 0.3) is 32.9 Å². The molecular weight excluding hydrogens is 298 g/mol. The van der Waals surface area contributed by atoms with Crippen molar-refractivity contribution in [3.8, 4) is 17.2 Å². The van der Waals surface area contributed by atoms with Gasteiger partial charge in [0.05, 0.1) is 18.1 Å². The van der Waals surface area contributed by atoms with Crippen LogP contribution in [0, 0.1) is 11.3 Å². The molecule has 114 valence electrons. The van der Waals surface area contributed by atoms with E-state index >= 15 is 0 Å². The van der Waals surface area contributed by atoms with Gasteiger partial charge in [0.15, 0.2) is 0 Å². The zero-order valence-electron chi connectivity index (χ0n) is 12.8. The number of hydrogen-bond donors (Lipinski definition) is 0. The Kier molecular flexibility index (Phi) is 3.36. The predicted octanol–water partition coefficient (Wildman–Crippen LogP) is 4.68. The van der Waals surface area contributed by atoms with E-state index in [-0.39, 0.29) is 6.42 Å². The second-order valence-electron chi connectivity index (χ2n) is 5.64. The maximum Gasteiger partial charge on any atom is 0.341 e. The van der Waals surface area contributed by atoms with Crippen LogP contribution < -0.4 is 5.63 Å². The summed E-state index contributed by atoms with van der Waals surface area (Å²) < 4.78 is 5.51. The Morgan fingerprint density at radius 2 is 1.58 bits per heavy atom. The van der Waals surface area contributed by atoms with Crippen LogP contribution in [0.5, 0.6) is 0 Å². The third-order valence-electron chi connectivity index (χ3n) is 4.19. The van der Waals surface area contributed by atoms with E-state index in [1.54, 1.807) is 0 Å². The zero-order chi connectivity index (χ0) is 16.5. The number of fused-ring (bicyclic) bond motifs is 2. The van der Waals surface area contributed by atoms with Gasteiger partial charge in [-0.05, 0) is 28.5 Å². The highest BCUT2D eigenvalue weighted by Gasteiger charge is 2.16. The summed E-state index contributed by atoms with van der Waals surface area (Å²) in [6, 6.07) is 23.6. The predicted molar refractivity (Wildman–Crippen MR) is 94.7 cm³/mol. The van der Waals surface area contributed by atoms with Crippen molar-refractivity contribution in [2.75, 3.05) is 0 Å². The molecule has 24 heavy (non-hydrogen) atoms. The van der Waals surface area contributed by atoms with E-state index in [0.29, 0.717) is 11.1 Å². The molecule has 1 aromatic heterocycles. The van der Waals surface area contributed by atoms with Crippen LogP contribution in [-0.2, 0) is 6.42 Å². The van der Waals surface area contributed by atoms with E-state index in [9.17, 15) is 4.79 Å². The molecule has 4 rings (SSSR count). The number of nitriles is 1. The smallest absolute Gasteiger partial charge is 0.341 e. The van der Waals surface area contributed by atoms with Gasteiger partial charge < -0.3 is 4.42 Å². The quantitative estimate of drug-likeness (QED) is 0.399. The highest BCUT2D eigenvalue weighted by atomic mass is 16.4. The van der Waals surface area contributed by atoms with E-state index in [1.165, 1.54) is 0 Å². The van der Waals surface area contributed by atoms with Crippen LogP contribution >= 0.6 is 0 Å². The highest BCUT2D eigenvalue weighted by Crippen LogP contribution is 2.33. The van der Waals surface area contributed by atoms with Gasteiger partial charge in [-0.25, -0.2) is 4.79 Å². The summed E-state index contributed by atoms with van der Waals surface area (Å²) in [7, 11) is 0. The third kappa shape index (κ3) is 2.26. The van der Waals surface area contributed by atoms with Gasteiger partial charge in [-0.15, -0.1) is 0 Å². The molecule has 0 aliphatic rings. The Bertz CT molecular complexity index is 1150. The number of benzene rings is 3. The van der Waals surface area contributed by atoms with Crippen LogP contribution in [0.15, 0.2) is 75.9 Å². The van der Waals surface area contributed by atoms with Crippen molar-refractivity contribution in [3.63, 3.8) is 0 Å². The molecule has 0 N–H and O–H groups in total. The molecule has 3 heteroatoms. The van der Waals surface area contributed by atoms with Gasteiger partial charge >= 0.3 is 5.63 Å². The molecule has 0 radical (unpaired) electrons. The van der Waals surface area contributed by atoms with Crippen LogP contribution in [0.2, 0.25) is 0 Å². The second kappa shape index (κ2) is 5.68. The van der Waals surface area contributed by atoms with Crippen LogP contribution in [-0.4, -0.2) is 0 Å². The van der Waals surface area contributed by atoms with Gasteiger partial charge in [-0.1, -0.05) is 54.6 Å². The summed E-state index contributed by atoms with van der Waals surface area (Å²) in [5.74, 6) is 0. The molecule has 0 bridgehead atoms. The first-order valence-electron chi connectivity index (χ1n) is 7.69.